The number of aromatic nitrogens is 2. The highest BCUT2D eigenvalue weighted by Gasteiger charge is 2.30. The van der Waals surface area contributed by atoms with Gasteiger partial charge in [-0.3, -0.25) is 9.59 Å². The van der Waals surface area contributed by atoms with Crippen LogP contribution in [0, 0.1) is 0 Å². The molecule has 0 aliphatic carbocycles. The van der Waals surface area contributed by atoms with Crippen LogP contribution in [0.5, 0.6) is 5.88 Å². The second-order valence-corrected chi connectivity index (χ2v) is 6.76. The van der Waals surface area contributed by atoms with Gasteiger partial charge in [0.15, 0.2) is 0 Å². The van der Waals surface area contributed by atoms with Crippen LogP contribution in [-0.2, 0) is 4.79 Å². The molecule has 1 saturated heterocycles. The number of benzene rings is 1. The van der Waals surface area contributed by atoms with E-state index in [2.05, 4.69) is 33.8 Å². The Kier molecular flexibility index (Phi) is 6.13. The van der Waals surface area contributed by atoms with Gasteiger partial charge < -0.3 is 20.3 Å². The quantitative estimate of drug-likeness (QED) is 0.706. The smallest absolute Gasteiger partial charge is 0.258 e. The topological polar surface area (TPSA) is 96.5 Å². The predicted octanol–water partition coefficient (Wildman–Crippen LogP) is 3.10. The summed E-state index contributed by atoms with van der Waals surface area (Å²) in [5.41, 5.74) is 1.77. The molecule has 0 radical (unpaired) electrons. The number of nitrogens with zero attached hydrogens (tertiary/aromatic N) is 3. The number of carbonyl (C=O) groups is 2. The summed E-state index contributed by atoms with van der Waals surface area (Å²) in [4.78, 5) is 34.1. The fourth-order valence-corrected chi connectivity index (χ4v) is 3.09. The van der Waals surface area contributed by atoms with E-state index in [0.717, 1.165) is 0 Å². The molecule has 29 heavy (non-hydrogen) atoms. The summed E-state index contributed by atoms with van der Waals surface area (Å²) >= 11 is 5.94. The van der Waals surface area contributed by atoms with Gasteiger partial charge >= 0.3 is 0 Å². The van der Waals surface area contributed by atoms with Crippen molar-refractivity contribution < 1.29 is 14.3 Å². The number of nitrogens with one attached hydrogen (secondary N) is 2. The van der Waals surface area contributed by atoms with Crippen molar-refractivity contribution in [3.8, 4) is 5.88 Å². The number of rotatable bonds is 6. The second-order valence-electron chi connectivity index (χ2n) is 6.35. The molecule has 1 fully saturated rings. The first-order valence-electron chi connectivity index (χ1n) is 8.77. The van der Waals surface area contributed by atoms with Gasteiger partial charge in [0.2, 0.25) is 17.7 Å². The Labute approximate surface area is 173 Å². The van der Waals surface area contributed by atoms with Crippen LogP contribution in [0.4, 0.5) is 11.6 Å². The number of methoxy groups -OCH3 is 1. The van der Waals surface area contributed by atoms with Crippen molar-refractivity contribution in [3.63, 3.8) is 0 Å². The Morgan fingerprint density at radius 2 is 2.07 bits per heavy atom. The first-order valence-corrected chi connectivity index (χ1v) is 9.15. The number of amides is 2. The van der Waals surface area contributed by atoms with Crippen LogP contribution in [0.3, 0.4) is 0 Å². The van der Waals surface area contributed by atoms with Gasteiger partial charge in [-0.05, 0) is 30.3 Å². The van der Waals surface area contributed by atoms with Crippen molar-refractivity contribution in [2.75, 3.05) is 24.3 Å². The normalized spacial score (nSPS) is 15.7. The number of carbonyl (C=O) groups excluding carboxylic acids is 2. The number of halogens is 1. The van der Waals surface area contributed by atoms with Gasteiger partial charge in [0, 0.05) is 29.9 Å². The third-order valence-corrected chi connectivity index (χ3v) is 4.59. The van der Waals surface area contributed by atoms with Gasteiger partial charge in [-0.25, -0.2) is 4.98 Å². The van der Waals surface area contributed by atoms with Gasteiger partial charge in [0.25, 0.3) is 5.91 Å². The molecule has 1 aliphatic heterocycles. The molecule has 0 saturated carbocycles. The van der Waals surface area contributed by atoms with Crippen LogP contribution in [0.2, 0.25) is 5.02 Å². The molecule has 2 aromatic rings. The molecule has 2 heterocycles. The van der Waals surface area contributed by atoms with E-state index in [4.69, 9.17) is 16.3 Å². The van der Waals surface area contributed by atoms with E-state index in [1.165, 1.54) is 19.4 Å². The third-order valence-electron chi connectivity index (χ3n) is 4.34. The summed E-state index contributed by atoms with van der Waals surface area (Å²) in [7, 11) is 1.48. The van der Waals surface area contributed by atoms with Crippen molar-refractivity contribution >= 4 is 35.1 Å². The van der Waals surface area contributed by atoms with E-state index in [-0.39, 0.29) is 23.7 Å². The first kappa shape index (κ1) is 20.3. The number of hydrogen-bond acceptors (Lipinski definition) is 6. The molecule has 3 rings (SSSR count). The lowest BCUT2D eigenvalue weighted by Gasteiger charge is -2.18. The number of likely N-dealkylation sites (tertiary alicyclic amines) is 1. The highest BCUT2D eigenvalue weighted by atomic mass is 35.5. The molecular formula is C20H20ClN5O3. The van der Waals surface area contributed by atoms with Crippen LogP contribution < -0.4 is 15.4 Å². The van der Waals surface area contributed by atoms with Crippen LogP contribution in [0.15, 0.2) is 55.4 Å². The van der Waals surface area contributed by atoms with Gasteiger partial charge in [-0.15, -0.1) is 0 Å². The van der Waals surface area contributed by atoms with Gasteiger partial charge in [-0.2, -0.15) is 4.98 Å². The highest BCUT2D eigenvalue weighted by Crippen LogP contribution is 2.26. The zero-order valence-electron chi connectivity index (χ0n) is 15.8. The molecule has 2 amide bonds. The van der Waals surface area contributed by atoms with Crippen LogP contribution in [0.25, 0.3) is 0 Å². The molecule has 150 valence electrons. The van der Waals surface area contributed by atoms with Crippen molar-refractivity contribution in [2.45, 2.75) is 12.5 Å². The fraction of sp³-hybridized carbons (Fsp3) is 0.200. The maximum Gasteiger partial charge on any atom is 0.258 e. The minimum absolute atomic E-state index is 0.0940. The molecule has 8 nitrogen and oxygen atoms in total. The average Bonchev–Trinajstić information content (AvgIpc) is 3.09. The number of ether oxygens (including phenoxy) is 1. The summed E-state index contributed by atoms with van der Waals surface area (Å²) in [6, 6.07) is 6.54. The Balaban J connectivity index is 1.66. The molecule has 1 aliphatic rings. The van der Waals surface area contributed by atoms with Gasteiger partial charge in [0.05, 0.1) is 19.3 Å². The van der Waals surface area contributed by atoms with Crippen LogP contribution in [-0.4, -0.2) is 46.4 Å². The molecule has 1 aromatic carbocycles. The lowest BCUT2D eigenvalue weighted by Crippen LogP contribution is -2.31. The van der Waals surface area contributed by atoms with Crippen molar-refractivity contribution in [1.82, 2.24) is 14.9 Å². The number of hydrogen-bond donors (Lipinski definition) is 2. The van der Waals surface area contributed by atoms with E-state index in [1.807, 2.05) is 0 Å². The van der Waals surface area contributed by atoms with Gasteiger partial charge in [0.1, 0.15) is 5.02 Å². The third kappa shape index (κ3) is 4.72. The first-order chi connectivity index (χ1) is 13.9. The second kappa shape index (κ2) is 8.74. The highest BCUT2D eigenvalue weighted by molar-refractivity contribution is 6.31. The zero-order chi connectivity index (χ0) is 21.0. The maximum atomic E-state index is 12.9. The molecule has 9 heteroatoms. The monoisotopic (exact) mass is 413 g/mol. The SMILES string of the molecule is C=CC(=O)Nc1ccc(C(=O)N2C[C@H](Nc3ncc(Cl)c(OC)n3)CC2=C)cc1. The summed E-state index contributed by atoms with van der Waals surface area (Å²) in [5, 5.41) is 6.13. The maximum absolute atomic E-state index is 12.9. The van der Waals surface area contributed by atoms with Gasteiger partial charge in [-0.1, -0.05) is 24.8 Å². The molecule has 2 N–H and O–H groups in total. The minimum Gasteiger partial charge on any atom is -0.480 e. The molecule has 1 aromatic heterocycles. The Morgan fingerprint density at radius 1 is 1.34 bits per heavy atom. The average molecular weight is 414 g/mol. The standard InChI is InChI=1S/C20H20ClN5O3/c1-4-17(27)23-14-7-5-13(6-8-14)19(28)26-11-15(9-12(26)2)24-20-22-10-16(21)18(25-20)29-3/h4-8,10,15H,1-2,9,11H2,3H3,(H,23,27)(H,22,24,25)/t15-/m1/s1. The van der Waals surface area contributed by atoms with E-state index in [1.54, 1.807) is 29.2 Å². The van der Waals surface area contributed by atoms with E-state index in [9.17, 15) is 9.59 Å². The Morgan fingerprint density at radius 3 is 2.72 bits per heavy atom. The summed E-state index contributed by atoms with van der Waals surface area (Å²) in [6.07, 6.45) is 3.20. The van der Waals surface area contributed by atoms with Crippen molar-refractivity contribution in [3.05, 3.63) is 66.0 Å². The molecule has 0 bridgehead atoms. The minimum atomic E-state index is -0.313. The molecular weight excluding hydrogens is 394 g/mol. The van der Waals surface area contributed by atoms with Crippen LogP contribution in [0.1, 0.15) is 16.8 Å². The summed E-state index contributed by atoms with van der Waals surface area (Å²) in [5.74, 6) is 0.153. The lowest BCUT2D eigenvalue weighted by molar-refractivity contribution is -0.111. The van der Waals surface area contributed by atoms with E-state index in [0.29, 0.717) is 40.9 Å². The van der Waals surface area contributed by atoms with E-state index < -0.39 is 0 Å². The van der Waals surface area contributed by atoms with Crippen molar-refractivity contribution in [2.24, 2.45) is 0 Å². The van der Waals surface area contributed by atoms with Crippen LogP contribution >= 0.6 is 11.6 Å². The summed E-state index contributed by atoms with van der Waals surface area (Å²) < 4.78 is 5.09. The fourth-order valence-electron chi connectivity index (χ4n) is 2.92. The summed E-state index contributed by atoms with van der Waals surface area (Å²) in [6.45, 7) is 7.82. The zero-order valence-corrected chi connectivity index (χ0v) is 16.6. The largest absolute Gasteiger partial charge is 0.480 e. The lowest BCUT2D eigenvalue weighted by atomic mass is 10.2. The van der Waals surface area contributed by atoms with Crippen molar-refractivity contribution in [1.29, 1.82) is 0 Å². The van der Waals surface area contributed by atoms with E-state index >= 15 is 0 Å². The predicted molar refractivity (Wildman–Crippen MR) is 111 cm³/mol. The number of anilines is 2. The molecule has 0 spiro atoms. The Hall–Kier alpha value is -3.39. The Bertz CT molecular complexity index is 961. The molecule has 1 atom stereocenters. The molecule has 0 unspecified atom stereocenters.